The highest BCUT2D eigenvalue weighted by molar-refractivity contribution is 7.89. The molecule has 0 unspecified atom stereocenters. The summed E-state index contributed by atoms with van der Waals surface area (Å²) in [5.41, 5.74) is 0.915. The van der Waals surface area contributed by atoms with Gasteiger partial charge in [-0.05, 0) is 48.7 Å². The molecule has 0 saturated heterocycles. The molecule has 7 heteroatoms. The van der Waals surface area contributed by atoms with Crippen molar-refractivity contribution < 1.29 is 17.6 Å². The Labute approximate surface area is 163 Å². The Kier molecular flexibility index (Phi) is 4.78. The minimum Gasteiger partial charge on any atom is -0.468 e. The Hall–Kier alpha value is -2.90. The van der Waals surface area contributed by atoms with E-state index in [0.717, 1.165) is 18.4 Å². The van der Waals surface area contributed by atoms with E-state index in [1.165, 1.54) is 18.4 Å². The standard InChI is InChI=1S/C21H20N2O4S/c24-20(21(11-12-21)16-6-2-1-3-7-16)23-17-8-4-10-19(14-17)28(25,26)22-15-18-9-5-13-27-18/h1-10,13-14,22H,11-12,15H2,(H,23,24). The molecule has 6 nitrogen and oxygen atoms in total. The zero-order valence-electron chi connectivity index (χ0n) is 15.1. The fourth-order valence-corrected chi connectivity index (χ4v) is 4.22. The van der Waals surface area contributed by atoms with Gasteiger partial charge >= 0.3 is 0 Å². The summed E-state index contributed by atoms with van der Waals surface area (Å²) in [5.74, 6) is 0.406. The van der Waals surface area contributed by atoms with Gasteiger partial charge < -0.3 is 9.73 Å². The monoisotopic (exact) mass is 396 g/mol. The first-order chi connectivity index (χ1) is 13.5. The maximum Gasteiger partial charge on any atom is 0.241 e. The zero-order valence-corrected chi connectivity index (χ0v) is 15.9. The molecule has 1 amide bonds. The summed E-state index contributed by atoms with van der Waals surface area (Å²) in [6, 6.07) is 19.3. The number of carbonyl (C=O) groups excluding carboxylic acids is 1. The summed E-state index contributed by atoms with van der Waals surface area (Å²) >= 11 is 0. The summed E-state index contributed by atoms with van der Waals surface area (Å²) < 4.78 is 32.7. The first-order valence-corrected chi connectivity index (χ1v) is 10.5. The van der Waals surface area contributed by atoms with Crippen molar-refractivity contribution in [2.24, 2.45) is 0 Å². The van der Waals surface area contributed by atoms with Crippen LogP contribution in [0.25, 0.3) is 0 Å². The van der Waals surface area contributed by atoms with Crippen molar-refractivity contribution in [3.63, 3.8) is 0 Å². The molecule has 1 fully saturated rings. The number of amides is 1. The fraction of sp³-hybridized carbons (Fsp3) is 0.190. The molecule has 4 rings (SSSR count). The van der Waals surface area contributed by atoms with Crippen molar-refractivity contribution in [1.29, 1.82) is 0 Å². The number of nitrogens with one attached hydrogen (secondary N) is 2. The maximum absolute atomic E-state index is 12.9. The van der Waals surface area contributed by atoms with Crippen LogP contribution in [-0.2, 0) is 26.8 Å². The molecule has 3 aromatic rings. The van der Waals surface area contributed by atoms with Gasteiger partial charge in [-0.2, -0.15) is 0 Å². The van der Waals surface area contributed by atoms with Crippen molar-refractivity contribution in [2.45, 2.75) is 29.7 Å². The van der Waals surface area contributed by atoms with Crippen LogP contribution >= 0.6 is 0 Å². The van der Waals surface area contributed by atoms with Gasteiger partial charge in [0.25, 0.3) is 0 Å². The van der Waals surface area contributed by atoms with Crippen molar-refractivity contribution in [3.8, 4) is 0 Å². The molecular weight excluding hydrogens is 376 g/mol. The lowest BCUT2D eigenvalue weighted by atomic mass is 9.95. The van der Waals surface area contributed by atoms with Gasteiger partial charge in [0.15, 0.2) is 0 Å². The van der Waals surface area contributed by atoms with Gasteiger partial charge in [-0.1, -0.05) is 36.4 Å². The second-order valence-corrected chi connectivity index (χ2v) is 8.60. The quantitative estimate of drug-likeness (QED) is 0.640. The van der Waals surface area contributed by atoms with Gasteiger partial charge in [0.1, 0.15) is 5.76 Å². The third-order valence-corrected chi connectivity index (χ3v) is 6.33. The lowest BCUT2D eigenvalue weighted by molar-refractivity contribution is -0.118. The summed E-state index contributed by atoms with van der Waals surface area (Å²) in [4.78, 5) is 12.9. The van der Waals surface area contributed by atoms with Crippen LogP contribution in [0.3, 0.4) is 0 Å². The van der Waals surface area contributed by atoms with Crippen LogP contribution in [0.4, 0.5) is 5.69 Å². The van der Waals surface area contributed by atoms with Gasteiger partial charge in [-0.15, -0.1) is 0 Å². The lowest BCUT2D eigenvalue weighted by Gasteiger charge is -2.16. The summed E-state index contributed by atoms with van der Waals surface area (Å²) in [7, 11) is -3.73. The van der Waals surface area contributed by atoms with Gasteiger partial charge in [-0.25, -0.2) is 13.1 Å². The molecule has 0 radical (unpaired) electrons. The second kappa shape index (κ2) is 7.26. The van der Waals surface area contributed by atoms with E-state index in [9.17, 15) is 13.2 Å². The number of hydrogen-bond donors (Lipinski definition) is 2. The van der Waals surface area contributed by atoms with Crippen molar-refractivity contribution in [1.82, 2.24) is 4.72 Å². The molecule has 2 aromatic carbocycles. The molecule has 0 spiro atoms. The molecule has 1 aliphatic rings. The van der Waals surface area contributed by atoms with Crippen molar-refractivity contribution in [3.05, 3.63) is 84.3 Å². The summed E-state index contributed by atoms with van der Waals surface area (Å²) in [6.45, 7) is 0.0586. The SMILES string of the molecule is O=C(Nc1cccc(S(=O)(=O)NCc2ccco2)c1)C1(c2ccccc2)CC1. The highest BCUT2D eigenvalue weighted by Crippen LogP contribution is 2.48. The van der Waals surface area contributed by atoms with E-state index in [0.29, 0.717) is 11.4 Å². The highest BCUT2D eigenvalue weighted by atomic mass is 32.2. The minimum absolute atomic E-state index is 0.0586. The average molecular weight is 396 g/mol. The Bertz CT molecular complexity index is 1070. The van der Waals surface area contributed by atoms with Crippen LogP contribution in [0.2, 0.25) is 0 Å². The van der Waals surface area contributed by atoms with Gasteiger partial charge in [0.2, 0.25) is 15.9 Å². The normalized spacial score (nSPS) is 15.1. The number of sulfonamides is 1. The van der Waals surface area contributed by atoms with Gasteiger partial charge in [0.05, 0.1) is 23.1 Å². The van der Waals surface area contributed by atoms with Gasteiger partial charge in [-0.3, -0.25) is 4.79 Å². The smallest absolute Gasteiger partial charge is 0.241 e. The van der Waals surface area contributed by atoms with Crippen LogP contribution in [0.15, 0.2) is 82.3 Å². The predicted octanol–water partition coefficient (Wildman–Crippen LogP) is 3.43. The molecule has 1 aliphatic carbocycles. The summed E-state index contributed by atoms with van der Waals surface area (Å²) in [6.07, 6.45) is 3.05. The van der Waals surface area contributed by atoms with Gasteiger partial charge in [0, 0.05) is 5.69 Å². The molecule has 0 atom stereocenters. The van der Waals surface area contributed by atoms with E-state index < -0.39 is 15.4 Å². The van der Waals surface area contributed by atoms with Crippen molar-refractivity contribution >= 4 is 21.6 Å². The van der Waals surface area contributed by atoms with E-state index >= 15 is 0 Å². The number of benzene rings is 2. The van der Waals surface area contributed by atoms with Crippen LogP contribution < -0.4 is 10.0 Å². The highest BCUT2D eigenvalue weighted by Gasteiger charge is 2.51. The predicted molar refractivity (Wildman–Crippen MR) is 105 cm³/mol. The number of anilines is 1. The van der Waals surface area contributed by atoms with E-state index in [1.807, 2.05) is 30.3 Å². The molecule has 28 heavy (non-hydrogen) atoms. The largest absolute Gasteiger partial charge is 0.468 e. The molecule has 1 aromatic heterocycles. The maximum atomic E-state index is 12.9. The molecule has 1 saturated carbocycles. The van der Waals surface area contributed by atoms with Crippen LogP contribution in [0.5, 0.6) is 0 Å². The van der Waals surface area contributed by atoms with Crippen LogP contribution in [0.1, 0.15) is 24.2 Å². The molecule has 2 N–H and O–H groups in total. The minimum atomic E-state index is -3.73. The zero-order chi connectivity index (χ0) is 19.6. The average Bonchev–Trinajstić information content (AvgIpc) is 3.36. The lowest BCUT2D eigenvalue weighted by Crippen LogP contribution is -2.28. The first kappa shape index (κ1) is 18.5. The Balaban J connectivity index is 1.49. The van der Waals surface area contributed by atoms with E-state index in [1.54, 1.807) is 24.3 Å². The Morgan fingerprint density at radius 1 is 1.00 bits per heavy atom. The van der Waals surface area contributed by atoms with Crippen LogP contribution in [0, 0.1) is 0 Å². The molecule has 1 heterocycles. The molecule has 0 aliphatic heterocycles. The van der Waals surface area contributed by atoms with Crippen molar-refractivity contribution in [2.75, 3.05) is 5.32 Å². The molecular formula is C21H20N2O4S. The Morgan fingerprint density at radius 3 is 2.46 bits per heavy atom. The Morgan fingerprint density at radius 2 is 1.79 bits per heavy atom. The number of hydrogen-bond acceptors (Lipinski definition) is 4. The topological polar surface area (TPSA) is 88.4 Å². The van der Waals surface area contributed by atoms with Crippen LogP contribution in [-0.4, -0.2) is 14.3 Å². The number of furan rings is 1. The van der Waals surface area contributed by atoms with E-state index in [2.05, 4.69) is 10.0 Å². The second-order valence-electron chi connectivity index (χ2n) is 6.83. The number of carbonyl (C=O) groups is 1. The third-order valence-electron chi connectivity index (χ3n) is 4.93. The van der Waals surface area contributed by atoms with E-state index in [4.69, 9.17) is 4.42 Å². The third kappa shape index (κ3) is 3.72. The molecule has 0 bridgehead atoms. The first-order valence-electron chi connectivity index (χ1n) is 8.99. The summed E-state index contributed by atoms with van der Waals surface area (Å²) in [5, 5.41) is 2.88. The fourth-order valence-electron chi connectivity index (χ4n) is 3.18. The van der Waals surface area contributed by atoms with E-state index in [-0.39, 0.29) is 17.3 Å². The number of rotatable bonds is 7. The molecule has 144 valence electrons.